The molecule has 3 rings (SSSR count). The van der Waals surface area contributed by atoms with Gasteiger partial charge in [0.1, 0.15) is 0 Å². The third-order valence-electron chi connectivity index (χ3n) is 4.35. The highest BCUT2D eigenvalue weighted by atomic mass is 32.1. The maximum Gasteiger partial charge on any atom is 0.0449 e. The van der Waals surface area contributed by atoms with E-state index in [9.17, 15) is 0 Å². The molecule has 2 atom stereocenters. The second kappa shape index (κ2) is 6.73. The fourth-order valence-electron chi connectivity index (χ4n) is 3.07. The highest BCUT2D eigenvalue weighted by Crippen LogP contribution is 2.29. The largest absolute Gasteiger partial charge is 0.309 e. The first kappa shape index (κ1) is 14.8. The zero-order valence-electron chi connectivity index (χ0n) is 12.9. The number of nitrogens with one attached hydrogen (secondary N) is 1. The van der Waals surface area contributed by atoms with Gasteiger partial charge in [-0.3, -0.25) is 4.90 Å². The lowest BCUT2D eigenvalue weighted by Crippen LogP contribution is -2.33. The topological polar surface area (TPSA) is 15.3 Å². The molecule has 0 radical (unpaired) electrons. The summed E-state index contributed by atoms with van der Waals surface area (Å²) < 4.78 is 0. The van der Waals surface area contributed by atoms with E-state index in [0.29, 0.717) is 12.1 Å². The number of thiophene rings is 1. The van der Waals surface area contributed by atoms with Crippen LogP contribution >= 0.6 is 11.3 Å². The van der Waals surface area contributed by atoms with Gasteiger partial charge in [-0.25, -0.2) is 0 Å². The van der Waals surface area contributed by atoms with Crippen LogP contribution in [0.1, 0.15) is 40.7 Å². The van der Waals surface area contributed by atoms with E-state index in [1.807, 2.05) is 11.3 Å². The molecule has 2 aromatic rings. The average molecular weight is 300 g/mol. The average Bonchev–Trinajstić information content (AvgIpc) is 2.81. The molecule has 0 amide bonds. The van der Waals surface area contributed by atoms with Crippen LogP contribution in [0.25, 0.3) is 0 Å². The van der Waals surface area contributed by atoms with Crippen molar-refractivity contribution in [2.24, 2.45) is 0 Å². The van der Waals surface area contributed by atoms with Gasteiger partial charge in [0.05, 0.1) is 0 Å². The number of aryl methyl sites for hydroxylation is 1. The van der Waals surface area contributed by atoms with E-state index in [-0.39, 0.29) is 0 Å². The third-order valence-corrected chi connectivity index (χ3v) is 5.52. The smallest absolute Gasteiger partial charge is 0.0449 e. The molecule has 2 unspecified atom stereocenters. The summed E-state index contributed by atoms with van der Waals surface area (Å²) in [6.07, 6.45) is 1.22. The maximum atomic E-state index is 3.70. The Hall–Kier alpha value is -1.16. The Morgan fingerprint density at radius 1 is 1.19 bits per heavy atom. The van der Waals surface area contributed by atoms with Crippen molar-refractivity contribution in [3.63, 3.8) is 0 Å². The van der Waals surface area contributed by atoms with Crippen molar-refractivity contribution in [1.29, 1.82) is 0 Å². The van der Waals surface area contributed by atoms with Gasteiger partial charge in [0.25, 0.3) is 0 Å². The molecule has 1 N–H and O–H groups in total. The minimum atomic E-state index is 0.442. The first-order chi connectivity index (χ1) is 10.2. The SMILES string of the molecule is Cc1ccc(C(C)N2CCCNC(c3ccccc3)C2)s1. The Morgan fingerprint density at radius 3 is 2.71 bits per heavy atom. The molecule has 21 heavy (non-hydrogen) atoms. The molecule has 1 aliphatic rings. The second-order valence-corrected chi connectivity index (χ2v) is 7.21. The molecule has 1 aliphatic heterocycles. The number of rotatable bonds is 3. The summed E-state index contributed by atoms with van der Waals surface area (Å²) in [5, 5.41) is 3.70. The number of hydrogen-bond donors (Lipinski definition) is 1. The molecule has 1 saturated heterocycles. The van der Waals surface area contributed by atoms with Crippen LogP contribution in [-0.4, -0.2) is 24.5 Å². The van der Waals surface area contributed by atoms with E-state index in [1.165, 1.54) is 28.3 Å². The van der Waals surface area contributed by atoms with Crippen molar-refractivity contribution in [2.75, 3.05) is 19.6 Å². The molecule has 2 heterocycles. The van der Waals surface area contributed by atoms with Crippen molar-refractivity contribution in [1.82, 2.24) is 10.2 Å². The monoisotopic (exact) mass is 300 g/mol. The van der Waals surface area contributed by atoms with Crippen molar-refractivity contribution in [3.05, 3.63) is 57.8 Å². The number of benzene rings is 1. The van der Waals surface area contributed by atoms with Gasteiger partial charge in [-0.05, 0) is 44.5 Å². The third kappa shape index (κ3) is 3.54. The lowest BCUT2D eigenvalue weighted by Gasteiger charge is -2.29. The van der Waals surface area contributed by atoms with Gasteiger partial charge in [0.15, 0.2) is 0 Å². The maximum absolute atomic E-state index is 3.70. The van der Waals surface area contributed by atoms with Gasteiger partial charge in [-0.1, -0.05) is 30.3 Å². The summed E-state index contributed by atoms with van der Waals surface area (Å²) in [4.78, 5) is 5.52. The fourth-order valence-corrected chi connectivity index (χ4v) is 4.03. The molecule has 0 spiro atoms. The molecule has 0 bridgehead atoms. The Bertz CT molecular complexity index is 564. The number of hydrogen-bond acceptors (Lipinski definition) is 3. The standard InChI is InChI=1S/C18H24N2S/c1-14-9-10-18(21-14)15(2)20-12-6-11-19-17(13-20)16-7-4-3-5-8-16/h3-5,7-10,15,17,19H,6,11-13H2,1-2H3. The number of nitrogens with zero attached hydrogens (tertiary/aromatic N) is 1. The van der Waals surface area contributed by atoms with E-state index < -0.39 is 0 Å². The quantitative estimate of drug-likeness (QED) is 0.916. The van der Waals surface area contributed by atoms with Crippen LogP contribution < -0.4 is 5.32 Å². The van der Waals surface area contributed by atoms with E-state index >= 15 is 0 Å². The molecule has 1 aromatic carbocycles. The molecule has 0 aliphatic carbocycles. The second-order valence-electron chi connectivity index (χ2n) is 5.89. The van der Waals surface area contributed by atoms with Crippen molar-refractivity contribution >= 4 is 11.3 Å². The van der Waals surface area contributed by atoms with Crippen LogP contribution in [0.5, 0.6) is 0 Å². The van der Waals surface area contributed by atoms with Gasteiger partial charge in [0, 0.05) is 34.9 Å². The summed E-state index contributed by atoms with van der Waals surface area (Å²) in [5.74, 6) is 0. The normalized spacial score (nSPS) is 21.9. The van der Waals surface area contributed by atoms with Crippen LogP contribution in [0, 0.1) is 6.92 Å². The van der Waals surface area contributed by atoms with Crippen LogP contribution in [0.3, 0.4) is 0 Å². The predicted octanol–water partition coefficient (Wildman–Crippen LogP) is 4.15. The molecule has 112 valence electrons. The van der Waals surface area contributed by atoms with E-state index in [4.69, 9.17) is 0 Å². The molecule has 3 heteroatoms. The van der Waals surface area contributed by atoms with Gasteiger partial charge >= 0.3 is 0 Å². The van der Waals surface area contributed by atoms with Crippen LogP contribution in [0.2, 0.25) is 0 Å². The minimum absolute atomic E-state index is 0.442. The van der Waals surface area contributed by atoms with Crippen molar-refractivity contribution in [3.8, 4) is 0 Å². The van der Waals surface area contributed by atoms with Gasteiger partial charge in [-0.15, -0.1) is 11.3 Å². The van der Waals surface area contributed by atoms with Gasteiger partial charge in [0.2, 0.25) is 0 Å². The van der Waals surface area contributed by atoms with E-state index in [1.54, 1.807) is 0 Å². The van der Waals surface area contributed by atoms with Crippen LogP contribution in [-0.2, 0) is 0 Å². The molecule has 0 saturated carbocycles. The zero-order chi connectivity index (χ0) is 14.7. The van der Waals surface area contributed by atoms with Crippen LogP contribution in [0.4, 0.5) is 0 Å². The van der Waals surface area contributed by atoms with Crippen LogP contribution in [0.15, 0.2) is 42.5 Å². The predicted molar refractivity (Wildman–Crippen MR) is 90.8 cm³/mol. The minimum Gasteiger partial charge on any atom is -0.309 e. The van der Waals surface area contributed by atoms with Gasteiger partial charge in [-0.2, -0.15) is 0 Å². The summed E-state index contributed by atoms with van der Waals surface area (Å²) >= 11 is 1.93. The van der Waals surface area contributed by atoms with Crippen molar-refractivity contribution in [2.45, 2.75) is 32.4 Å². The Morgan fingerprint density at radius 2 is 2.00 bits per heavy atom. The Labute approximate surface area is 131 Å². The molecule has 1 fully saturated rings. The van der Waals surface area contributed by atoms with E-state index in [0.717, 1.165) is 13.1 Å². The van der Waals surface area contributed by atoms with E-state index in [2.05, 4.69) is 66.5 Å². The molecule has 2 nitrogen and oxygen atoms in total. The highest BCUT2D eigenvalue weighted by molar-refractivity contribution is 7.12. The zero-order valence-corrected chi connectivity index (χ0v) is 13.7. The Balaban J connectivity index is 1.76. The lowest BCUT2D eigenvalue weighted by molar-refractivity contribution is 0.210. The lowest BCUT2D eigenvalue weighted by atomic mass is 10.1. The summed E-state index contributed by atoms with van der Waals surface area (Å²) in [6.45, 7) is 7.90. The van der Waals surface area contributed by atoms with Gasteiger partial charge < -0.3 is 5.32 Å². The summed E-state index contributed by atoms with van der Waals surface area (Å²) in [7, 11) is 0. The van der Waals surface area contributed by atoms with Crippen molar-refractivity contribution < 1.29 is 0 Å². The Kier molecular flexibility index (Phi) is 4.73. The molecule has 1 aromatic heterocycles. The molecular formula is C18H24N2S. The first-order valence-corrected chi connectivity index (χ1v) is 8.64. The summed E-state index contributed by atoms with van der Waals surface area (Å²) in [6, 6.07) is 16.3. The highest BCUT2D eigenvalue weighted by Gasteiger charge is 2.24. The summed E-state index contributed by atoms with van der Waals surface area (Å²) in [5.41, 5.74) is 1.40. The molecular weight excluding hydrogens is 276 g/mol. The fraction of sp³-hybridized carbons (Fsp3) is 0.444. The first-order valence-electron chi connectivity index (χ1n) is 7.83.